The van der Waals surface area contributed by atoms with Crippen LogP contribution in [-0.2, 0) is 19.1 Å². The number of amides is 5. The number of halogens is 3. The van der Waals surface area contributed by atoms with Crippen LogP contribution in [0.5, 0.6) is 5.75 Å². The number of nitrogens with one attached hydrogen (secondary N) is 3. The van der Waals surface area contributed by atoms with Gasteiger partial charge in [-0.1, -0.05) is 17.7 Å². The van der Waals surface area contributed by atoms with Gasteiger partial charge in [-0.2, -0.15) is 0 Å². The van der Waals surface area contributed by atoms with Crippen LogP contribution in [-0.4, -0.2) is 131 Å². The van der Waals surface area contributed by atoms with Crippen LogP contribution in [0.4, 0.5) is 31.7 Å². The molecule has 66 heavy (non-hydrogen) atoms. The molecule has 7 aliphatic heterocycles. The summed E-state index contributed by atoms with van der Waals surface area (Å²) in [5, 5.41) is 8.93. The number of fused-ring (bicyclic) bond motifs is 5. The van der Waals surface area contributed by atoms with Gasteiger partial charge in [-0.15, -0.1) is 0 Å². The van der Waals surface area contributed by atoms with Crippen LogP contribution in [0, 0.1) is 17.6 Å². The second-order valence-electron chi connectivity index (χ2n) is 17.9. The van der Waals surface area contributed by atoms with E-state index in [1.807, 2.05) is 11.0 Å². The van der Waals surface area contributed by atoms with Crippen LogP contribution < -0.4 is 25.6 Å². The molecule has 16 nitrogen and oxygen atoms in total. The summed E-state index contributed by atoms with van der Waals surface area (Å²) in [4.78, 5) is 81.0. The number of aromatic nitrogens is 2. The summed E-state index contributed by atoms with van der Waals surface area (Å²) in [5.41, 5.74) is 1.86. The average Bonchev–Trinajstić information content (AvgIpc) is 3.90. The molecule has 344 valence electrons. The Bertz CT molecular complexity index is 2660. The van der Waals surface area contributed by atoms with Crippen molar-refractivity contribution in [2.45, 2.75) is 69.2 Å². The first-order valence-electron chi connectivity index (χ1n) is 22.5. The fourth-order valence-electron chi connectivity index (χ4n) is 10.2. The van der Waals surface area contributed by atoms with E-state index in [1.165, 1.54) is 30.6 Å². The van der Waals surface area contributed by atoms with E-state index < -0.39 is 41.3 Å². The van der Waals surface area contributed by atoms with Gasteiger partial charge in [0, 0.05) is 74.3 Å². The van der Waals surface area contributed by atoms with Gasteiger partial charge in [0.1, 0.15) is 41.7 Å². The number of carbonyl (C=O) groups is 5. The lowest BCUT2D eigenvalue weighted by atomic mass is 9.87. The van der Waals surface area contributed by atoms with Gasteiger partial charge in [0.05, 0.1) is 46.3 Å². The summed E-state index contributed by atoms with van der Waals surface area (Å²) in [6.07, 6.45) is 9.26. The highest BCUT2D eigenvalue weighted by Crippen LogP contribution is 2.39. The van der Waals surface area contributed by atoms with Crippen LogP contribution in [0.1, 0.15) is 65.7 Å². The van der Waals surface area contributed by atoms with Gasteiger partial charge in [-0.3, -0.25) is 44.0 Å². The van der Waals surface area contributed by atoms with Gasteiger partial charge in [0.25, 0.3) is 11.8 Å². The van der Waals surface area contributed by atoms with E-state index in [0.29, 0.717) is 78.2 Å². The van der Waals surface area contributed by atoms with Gasteiger partial charge in [0.2, 0.25) is 17.7 Å². The Morgan fingerprint density at radius 1 is 0.924 bits per heavy atom. The first-order valence-corrected chi connectivity index (χ1v) is 22.8. The molecule has 4 aromatic rings. The average molecular weight is 924 g/mol. The molecular weight excluding hydrogens is 876 g/mol. The molecule has 3 N–H and O–H groups in total. The second-order valence-corrected chi connectivity index (χ2v) is 18.3. The number of hydrogen-bond acceptors (Lipinski definition) is 13. The number of anilines is 4. The number of likely N-dealkylation sites (tertiary alicyclic amines) is 1. The molecule has 0 spiro atoms. The summed E-state index contributed by atoms with van der Waals surface area (Å²) >= 11 is 6.02. The molecule has 8 heterocycles. The lowest BCUT2D eigenvalue weighted by Gasteiger charge is -2.53. The number of piperidine rings is 4. The number of hydrogen-bond donors (Lipinski definition) is 3. The molecule has 0 radical (unpaired) electrons. The van der Waals surface area contributed by atoms with Crippen LogP contribution in [0.2, 0.25) is 5.02 Å². The SMILES string of the molecule is O=C(/C=C/CN1CCC(CN2CC3CCC2CN3c2cc3c(cc2F)C(=O)N(C2CCC(=O)NC2=O)C3=O)CC1)Nc1cc2c(Nc3ccc(F)c(Cl)c3)ncnc2cc1O[C@H]1CCOC1. The van der Waals surface area contributed by atoms with E-state index in [2.05, 4.69) is 35.7 Å². The molecule has 3 aromatic carbocycles. The van der Waals surface area contributed by atoms with Crippen LogP contribution in [0.15, 0.2) is 60.9 Å². The maximum atomic E-state index is 15.8. The molecule has 6 fully saturated rings. The number of piperazine rings is 1. The molecular formula is C47H48ClF2N9O7. The molecule has 4 atom stereocenters. The topological polar surface area (TPSA) is 179 Å². The fraction of sp³-hybridized carbons (Fsp3) is 0.426. The molecule has 3 unspecified atom stereocenters. The molecule has 6 saturated heterocycles. The molecule has 0 aliphatic carbocycles. The van der Waals surface area contributed by atoms with Crippen molar-refractivity contribution in [3.8, 4) is 5.75 Å². The normalized spacial score (nSPS) is 23.9. The minimum Gasteiger partial charge on any atom is -0.486 e. The minimum atomic E-state index is -1.11. The second kappa shape index (κ2) is 18.3. The van der Waals surface area contributed by atoms with Gasteiger partial charge in [0.15, 0.2) is 0 Å². The molecule has 19 heteroatoms. The third-order valence-electron chi connectivity index (χ3n) is 13.7. The molecule has 1 aromatic heterocycles. The Morgan fingerprint density at radius 2 is 1.73 bits per heavy atom. The monoisotopic (exact) mass is 923 g/mol. The van der Waals surface area contributed by atoms with E-state index in [-0.39, 0.29) is 53.1 Å². The van der Waals surface area contributed by atoms with E-state index in [9.17, 15) is 28.4 Å². The largest absolute Gasteiger partial charge is 0.486 e. The summed E-state index contributed by atoms with van der Waals surface area (Å²) in [5.74, 6) is -2.58. The van der Waals surface area contributed by atoms with E-state index in [1.54, 1.807) is 18.2 Å². The maximum Gasteiger partial charge on any atom is 0.262 e. The fourth-order valence-corrected chi connectivity index (χ4v) is 10.4. The Hall–Kier alpha value is -6.08. The van der Waals surface area contributed by atoms with Crippen molar-refractivity contribution in [2.24, 2.45) is 5.92 Å². The van der Waals surface area contributed by atoms with Crippen molar-refractivity contribution in [1.82, 2.24) is 30.0 Å². The number of nitrogens with zero attached hydrogens (tertiary/aromatic N) is 6. The number of benzene rings is 3. The highest BCUT2D eigenvalue weighted by molar-refractivity contribution is 6.31. The third kappa shape index (κ3) is 8.81. The molecule has 5 amide bonds. The minimum absolute atomic E-state index is 0.00899. The van der Waals surface area contributed by atoms with Gasteiger partial charge in [-0.25, -0.2) is 18.7 Å². The van der Waals surface area contributed by atoms with Gasteiger partial charge >= 0.3 is 0 Å². The highest BCUT2D eigenvalue weighted by Gasteiger charge is 2.47. The van der Waals surface area contributed by atoms with Crippen LogP contribution >= 0.6 is 11.6 Å². The van der Waals surface area contributed by atoms with Crippen molar-refractivity contribution in [3.05, 3.63) is 88.7 Å². The van der Waals surface area contributed by atoms with Crippen LogP contribution in [0.3, 0.4) is 0 Å². The summed E-state index contributed by atoms with van der Waals surface area (Å²) < 4.78 is 41.5. The molecule has 2 bridgehead atoms. The van der Waals surface area contributed by atoms with Crippen molar-refractivity contribution in [1.29, 1.82) is 0 Å². The van der Waals surface area contributed by atoms with Crippen molar-refractivity contribution in [2.75, 3.05) is 68.0 Å². The lowest BCUT2D eigenvalue weighted by Crippen LogP contribution is -2.63. The van der Waals surface area contributed by atoms with E-state index in [4.69, 9.17) is 21.1 Å². The molecule has 7 aliphatic rings. The van der Waals surface area contributed by atoms with Gasteiger partial charge in [-0.05, 0) is 87.5 Å². The summed E-state index contributed by atoms with van der Waals surface area (Å²) in [6.45, 7) is 5.70. The predicted molar refractivity (Wildman–Crippen MR) is 240 cm³/mol. The number of ether oxygens (including phenoxy) is 2. The van der Waals surface area contributed by atoms with Crippen molar-refractivity contribution in [3.63, 3.8) is 0 Å². The lowest BCUT2D eigenvalue weighted by molar-refractivity contribution is -0.136. The smallest absolute Gasteiger partial charge is 0.262 e. The van der Waals surface area contributed by atoms with E-state index >= 15 is 4.39 Å². The Kier molecular flexibility index (Phi) is 12.1. The Balaban J connectivity index is 0.732. The van der Waals surface area contributed by atoms with E-state index in [0.717, 1.165) is 62.8 Å². The first-order chi connectivity index (χ1) is 31.9. The zero-order valence-corrected chi connectivity index (χ0v) is 36.7. The number of carbonyl (C=O) groups excluding carboxylic acids is 5. The standard InChI is InChI=1S/C47H48ClF2N9O7/c48-34-16-27(3-6-35(34)49)53-44-33-18-38(41(20-37(33)51-25-52-44)66-30-11-15-65-24-30)54-42(60)2-1-12-56-13-9-26(10-14-56)21-57-22-29-5-4-28(57)23-58(29)40-19-32-31(17-36(40)50)46(63)59(47(32)64)39-7-8-43(61)55-45(39)62/h1-3,6,16-20,25-26,28-30,39H,4-5,7-15,21-24H2,(H,54,60)(H,51,52,53)(H,55,61,62)/b2-1+/t28?,29?,30-,39?/m0/s1. The summed E-state index contributed by atoms with van der Waals surface area (Å²) in [6, 6.07) is 9.53. The molecule has 0 saturated carbocycles. The van der Waals surface area contributed by atoms with Crippen LogP contribution in [0.25, 0.3) is 10.9 Å². The maximum absolute atomic E-state index is 15.8. The quantitative estimate of drug-likeness (QED) is 0.121. The number of imide groups is 2. The Labute approximate surface area is 383 Å². The van der Waals surface area contributed by atoms with Gasteiger partial charge < -0.3 is 25.0 Å². The van der Waals surface area contributed by atoms with Crippen molar-refractivity contribution >= 4 is 74.9 Å². The molecule has 11 rings (SSSR count). The zero-order valence-electron chi connectivity index (χ0n) is 35.9. The van der Waals surface area contributed by atoms with Crippen molar-refractivity contribution < 1.29 is 42.2 Å². The first kappa shape index (κ1) is 43.8. The summed E-state index contributed by atoms with van der Waals surface area (Å²) in [7, 11) is 0. The zero-order chi connectivity index (χ0) is 45.6. The number of rotatable bonds is 12. The Morgan fingerprint density at radius 3 is 2.47 bits per heavy atom. The third-order valence-corrected chi connectivity index (χ3v) is 13.9. The highest BCUT2D eigenvalue weighted by atomic mass is 35.5. The predicted octanol–water partition coefficient (Wildman–Crippen LogP) is 5.43.